The number of hydrogen-bond donors (Lipinski definition) is 1. The van der Waals surface area contributed by atoms with Crippen LogP contribution >= 0.6 is 27.5 Å². The molecule has 0 aromatic heterocycles. The van der Waals surface area contributed by atoms with Crippen LogP contribution in [0.1, 0.15) is 5.56 Å². The summed E-state index contributed by atoms with van der Waals surface area (Å²) in [4.78, 5) is 0. The Kier molecular flexibility index (Phi) is 2.21. The molecule has 0 radical (unpaired) electrons. The summed E-state index contributed by atoms with van der Waals surface area (Å²) < 4.78 is 0.667. The van der Waals surface area contributed by atoms with Crippen LogP contribution in [0.3, 0.4) is 0 Å². The van der Waals surface area contributed by atoms with E-state index in [0.29, 0.717) is 9.50 Å². The maximum Gasteiger partial charge on any atom is 0.130 e. The van der Waals surface area contributed by atoms with Gasteiger partial charge in [0.15, 0.2) is 0 Å². The van der Waals surface area contributed by atoms with Crippen LogP contribution in [0.25, 0.3) is 0 Å². The van der Waals surface area contributed by atoms with Gasteiger partial charge in [-0.05, 0) is 40.5 Å². The van der Waals surface area contributed by atoms with E-state index in [9.17, 15) is 0 Å². The van der Waals surface area contributed by atoms with Crippen molar-refractivity contribution in [3.63, 3.8) is 0 Å². The molecular formula is C7H6BrClO. The smallest absolute Gasteiger partial charge is 0.130 e. The molecule has 10 heavy (non-hydrogen) atoms. The van der Waals surface area contributed by atoms with Crippen LogP contribution in [-0.4, -0.2) is 5.11 Å². The second-order valence-electron chi connectivity index (χ2n) is 2.01. The van der Waals surface area contributed by atoms with E-state index in [2.05, 4.69) is 15.9 Å². The molecule has 3 heteroatoms. The van der Waals surface area contributed by atoms with Crippen LogP contribution in [-0.2, 0) is 0 Å². The lowest BCUT2D eigenvalue weighted by Gasteiger charge is -2.01. The molecule has 0 unspecified atom stereocenters. The molecule has 0 heterocycles. The average Bonchev–Trinajstić information content (AvgIpc) is 1.93. The van der Waals surface area contributed by atoms with E-state index in [1.54, 1.807) is 12.1 Å². The highest BCUT2D eigenvalue weighted by Crippen LogP contribution is 2.31. The first-order valence-corrected chi connectivity index (χ1v) is 3.93. The lowest BCUT2D eigenvalue weighted by atomic mass is 10.2. The van der Waals surface area contributed by atoms with Gasteiger partial charge in [0.2, 0.25) is 0 Å². The molecule has 0 saturated heterocycles. The summed E-state index contributed by atoms with van der Waals surface area (Å²) in [6, 6.07) is 3.22. The van der Waals surface area contributed by atoms with Crippen molar-refractivity contribution in [2.45, 2.75) is 6.92 Å². The minimum Gasteiger partial charge on any atom is -0.507 e. The van der Waals surface area contributed by atoms with Crippen LogP contribution < -0.4 is 0 Å². The van der Waals surface area contributed by atoms with Crippen LogP contribution in [0.4, 0.5) is 0 Å². The van der Waals surface area contributed by atoms with Crippen molar-refractivity contribution in [1.29, 1.82) is 0 Å². The van der Waals surface area contributed by atoms with E-state index in [4.69, 9.17) is 16.7 Å². The van der Waals surface area contributed by atoms with Gasteiger partial charge in [-0.3, -0.25) is 0 Å². The Bertz CT molecular complexity index is 233. The van der Waals surface area contributed by atoms with Gasteiger partial charge in [0.05, 0.1) is 4.47 Å². The maximum absolute atomic E-state index is 9.12. The number of hydrogen-bond acceptors (Lipinski definition) is 1. The molecule has 0 saturated carbocycles. The largest absolute Gasteiger partial charge is 0.507 e. The zero-order chi connectivity index (χ0) is 7.72. The zero-order valence-electron chi connectivity index (χ0n) is 5.36. The zero-order valence-corrected chi connectivity index (χ0v) is 7.70. The summed E-state index contributed by atoms with van der Waals surface area (Å²) in [6.45, 7) is 1.84. The topological polar surface area (TPSA) is 20.2 Å². The van der Waals surface area contributed by atoms with E-state index in [1.807, 2.05) is 6.92 Å². The predicted octanol–water partition coefficient (Wildman–Crippen LogP) is 3.12. The average molecular weight is 221 g/mol. The Balaban J connectivity index is 3.34. The Morgan fingerprint density at radius 1 is 1.50 bits per heavy atom. The fourth-order valence-electron chi connectivity index (χ4n) is 0.647. The standard InChI is InChI=1S/C7H6BrClO/c1-4-5(9)2-3-6(10)7(4)8/h2-3,10H,1H3. The van der Waals surface area contributed by atoms with E-state index < -0.39 is 0 Å². The minimum atomic E-state index is 0.224. The van der Waals surface area contributed by atoms with Crippen LogP contribution in [0, 0.1) is 6.92 Å². The van der Waals surface area contributed by atoms with Gasteiger partial charge in [-0.2, -0.15) is 0 Å². The van der Waals surface area contributed by atoms with Crippen LogP contribution in [0.2, 0.25) is 5.02 Å². The monoisotopic (exact) mass is 220 g/mol. The Labute approximate surface area is 72.8 Å². The van der Waals surface area contributed by atoms with E-state index in [-0.39, 0.29) is 5.75 Å². The number of benzene rings is 1. The summed E-state index contributed by atoms with van der Waals surface area (Å²) in [5, 5.41) is 9.78. The molecule has 0 amide bonds. The number of phenols is 1. The quantitative estimate of drug-likeness (QED) is 0.714. The molecule has 0 aliphatic heterocycles. The third-order valence-corrected chi connectivity index (χ3v) is 2.71. The van der Waals surface area contributed by atoms with Crippen LogP contribution in [0.5, 0.6) is 5.75 Å². The van der Waals surface area contributed by atoms with E-state index in [1.165, 1.54) is 0 Å². The number of halogens is 2. The van der Waals surface area contributed by atoms with Crippen molar-refractivity contribution in [3.8, 4) is 5.75 Å². The molecule has 1 N–H and O–H groups in total. The summed E-state index contributed by atoms with van der Waals surface area (Å²) in [7, 11) is 0. The molecule has 0 aliphatic carbocycles. The second kappa shape index (κ2) is 2.81. The molecular weight excluding hydrogens is 215 g/mol. The number of rotatable bonds is 0. The van der Waals surface area contributed by atoms with Crippen molar-refractivity contribution in [2.75, 3.05) is 0 Å². The summed E-state index contributed by atoms with van der Waals surface area (Å²) in [5.41, 5.74) is 0.863. The summed E-state index contributed by atoms with van der Waals surface area (Å²) >= 11 is 8.94. The van der Waals surface area contributed by atoms with Gasteiger partial charge in [0.1, 0.15) is 5.75 Å². The number of aromatic hydroxyl groups is 1. The highest BCUT2D eigenvalue weighted by Gasteiger charge is 2.03. The van der Waals surface area contributed by atoms with Crippen molar-refractivity contribution in [1.82, 2.24) is 0 Å². The maximum atomic E-state index is 9.12. The molecule has 1 aromatic rings. The summed E-state index contributed by atoms with van der Waals surface area (Å²) in [6.07, 6.45) is 0. The first-order chi connectivity index (χ1) is 4.63. The van der Waals surface area contributed by atoms with Crippen LogP contribution in [0.15, 0.2) is 16.6 Å². The van der Waals surface area contributed by atoms with E-state index in [0.717, 1.165) is 5.56 Å². The molecule has 0 spiro atoms. The van der Waals surface area contributed by atoms with Gasteiger partial charge in [0.25, 0.3) is 0 Å². The SMILES string of the molecule is Cc1c(Cl)ccc(O)c1Br. The summed E-state index contributed by atoms with van der Waals surface area (Å²) in [5.74, 6) is 0.224. The van der Waals surface area contributed by atoms with Crippen molar-refractivity contribution in [3.05, 3.63) is 27.2 Å². The van der Waals surface area contributed by atoms with Gasteiger partial charge in [-0.1, -0.05) is 11.6 Å². The van der Waals surface area contributed by atoms with Crippen molar-refractivity contribution >= 4 is 27.5 Å². The van der Waals surface area contributed by atoms with Gasteiger partial charge < -0.3 is 5.11 Å². The lowest BCUT2D eigenvalue weighted by molar-refractivity contribution is 0.471. The first kappa shape index (κ1) is 7.89. The molecule has 0 fully saturated rings. The molecule has 1 rings (SSSR count). The van der Waals surface area contributed by atoms with E-state index >= 15 is 0 Å². The second-order valence-corrected chi connectivity index (χ2v) is 3.21. The highest BCUT2D eigenvalue weighted by atomic mass is 79.9. The highest BCUT2D eigenvalue weighted by molar-refractivity contribution is 9.10. The molecule has 1 aromatic carbocycles. The van der Waals surface area contributed by atoms with Gasteiger partial charge >= 0.3 is 0 Å². The fourth-order valence-corrected chi connectivity index (χ4v) is 1.26. The third kappa shape index (κ3) is 1.27. The lowest BCUT2D eigenvalue weighted by Crippen LogP contribution is -1.77. The van der Waals surface area contributed by atoms with Crippen molar-refractivity contribution < 1.29 is 5.11 Å². The Morgan fingerprint density at radius 3 is 2.60 bits per heavy atom. The predicted molar refractivity (Wildman–Crippen MR) is 45.6 cm³/mol. The Hall–Kier alpha value is -0.210. The van der Waals surface area contributed by atoms with Gasteiger partial charge in [-0.25, -0.2) is 0 Å². The minimum absolute atomic E-state index is 0.224. The first-order valence-electron chi connectivity index (χ1n) is 2.76. The van der Waals surface area contributed by atoms with Crippen molar-refractivity contribution in [2.24, 2.45) is 0 Å². The molecule has 0 atom stereocenters. The Morgan fingerprint density at radius 2 is 2.10 bits per heavy atom. The normalized spacial score (nSPS) is 9.90. The van der Waals surface area contributed by atoms with Gasteiger partial charge in [0, 0.05) is 5.02 Å². The fraction of sp³-hybridized carbons (Fsp3) is 0.143. The molecule has 54 valence electrons. The number of phenolic OH excluding ortho intramolecular Hbond substituents is 1. The van der Waals surface area contributed by atoms with Gasteiger partial charge in [-0.15, -0.1) is 0 Å². The molecule has 0 aliphatic rings. The molecule has 0 bridgehead atoms. The third-order valence-electron chi connectivity index (χ3n) is 1.30. The molecule has 1 nitrogen and oxygen atoms in total.